The van der Waals surface area contributed by atoms with Crippen molar-refractivity contribution in [2.45, 2.75) is 13.8 Å². The van der Waals surface area contributed by atoms with E-state index in [0.29, 0.717) is 16.8 Å². The van der Waals surface area contributed by atoms with Gasteiger partial charge in [-0.05, 0) is 55.3 Å². The number of ether oxygens (including phenoxy) is 1. The summed E-state index contributed by atoms with van der Waals surface area (Å²) >= 11 is 0. The van der Waals surface area contributed by atoms with Crippen molar-refractivity contribution >= 4 is 23.3 Å². The lowest BCUT2D eigenvalue weighted by Crippen LogP contribution is -3.12. The van der Waals surface area contributed by atoms with E-state index in [9.17, 15) is 9.59 Å². The molecular weight excluding hydrogens is 354 g/mol. The number of piperazine rings is 1. The fourth-order valence-electron chi connectivity index (χ4n) is 3.36. The lowest BCUT2D eigenvalue weighted by atomic mass is 10.1. The number of likely N-dealkylation sites (N-methyl/N-ethyl adjacent to an activating group) is 1. The molecule has 2 N–H and O–H groups in total. The molecule has 1 saturated heterocycles. The molecule has 6 nitrogen and oxygen atoms in total. The summed E-state index contributed by atoms with van der Waals surface area (Å²) in [6.45, 7) is 7.87. The summed E-state index contributed by atoms with van der Waals surface area (Å²) in [5, 5.41) is 3.01. The van der Waals surface area contributed by atoms with E-state index in [0.717, 1.165) is 43.0 Å². The largest absolute Gasteiger partial charge is 0.465 e. The molecule has 0 aromatic heterocycles. The van der Waals surface area contributed by atoms with Gasteiger partial charge in [0, 0.05) is 5.56 Å². The van der Waals surface area contributed by atoms with Gasteiger partial charge in [0.1, 0.15) is 0 Å². The lowest BCUT2D eigenvalue weighted by molar-refractivity contribution is -0.880. The molecule has 2 aromatic rings. The Balaban J connectivity index is 1.92. The summed E-state index contributed by atoms with van der Waals surface area (Å²) in [6, 6.07) is 11.0. The van der Waals surface area contributed by atoms with Crippen LogP contribution in [0, 0.1) is 13.8 Å². The second-order valence-corrected chi connectivity index (χ2v) is 7.42. The first-order valence-corrected chi connectivity index (χ1v) is 9.56. The van der Waals surface area contributed by atoms with E-state index in [1.165, 1.54) is 12.0 Å². The Morgan fingerprint density at radius 2 is 1.68 bits per heavy atom. The molecule has 0 atom stereocenters. The van der Waals surface area contributed by atoms with E-state index in [1.807, 2.05) is 38.1 Å². The Bertz CT molecular complexity index is 887. The Kier molecular flexibility index (Phi) is 5.99. The summed E-state index contributed by atoms with van der Waals surface area (Å²) in [6.07, 6.45) is 0. The Hall–Kier alpha value is -2.86. The number of amides is 1. The van der Waals surface area contributed by atoms with Crippen LogP contribution < -0.4 is 15.1 Å². The minimum absolute atomic E-state index is 0.189. The van der Waals surface area contributed by atoms with Crippen LogP contribution in [0.4, 0.5) is 11.4 Å². The van der Waals surface area contributed by atoms with Crippen molar-refractivity contribution in [1.29, 1.82) is 0 Å². The zero-order valence-corrected chi connectivity index (χ0v) is 17.0. The fraction of sp³-hybridized carbons (Fsp3) is 0.364. The van der Waals surface area contributed by atoms with Gasteiger partial charge >= 0.3 is 5.97 Å². The number of nitrogens with one attached hydrogen (secondary N) is 2. The second-order valence-electron chi connectivity index (χ2n) is 7.42. The van der Waals surface area contributed by atoms with Gasteiger partial charge in [0.25, 0.3) is 5.91 Å². The molecule has 28 heavy (non-hydrogen) atoms. The second kappa shape index (κ2) is 8.44. The standard InChI is InChI=1S/C22H27N3O3/c1-15-5-6-17(13-16(15)2)21(26)23-19-14-18(22(27)28-4)7-8-20(19)25-11-9-24(3)10-12-25/h5-8,13-14H,9-12H2,1-4H3,(H,23,26)/p+1. The number of carbonyl (C=O) groups excluding carboxylic acids is 2. The van der Waals surface area contributed by atoms with Crippen molar-refractivity contribution in [1.82, 2.24) is 0 Å². The van der Waals surface area contributed by atoms with Crippen LogP contribution in [0.5, 0.6) is 0 Å². The summed E-state index contributed by atoms with van der Waals surface area (Å²) in [5.41, 5.74) is 4.79. The molecule has 1 amide bonds. The molecule has 1 fully saturated rings. The number of hydrogen-bond donors (Lipinski definition) is 2. The van der Waals surface area contributed by atoms with Gasteiger partial charge in [-0.2, -0.15) is 0 Å². The summed E-state index contributed by atoms with van der Waals surface area (Å²) in [5.74, 6) is -0.609. The predicted molar refractivity (Wildman–Crippen MR) is 110 cm³/mol. The molecule has 1 aliphatic rings. The first kappa shape index (κ1) is 19.9. The first-order chi connectivity index (χ1) is 13.4. The molecule has 0 radical (unpaired) electrons. The molecule has 0 aliphatic carbocycles. The number of benzene rings is 2. The molecular formula is C22H28N3O3+. The van der Waals surface area contributed by atoms with Crippen LogP contribution in [-0.2, 0) is 4.74 Å². The van der Waals surface area contributed by atoms with Crippen molar-refractivity contribution in [2.24, 2.45) is 0 Å². The summed E-state index contributed by atoms with van der Waals surface area (Å²) < 4.78 is 4.84. The van der Waals surface area contributed by atoms with Crippen LogP contribution in [0.15, 0.2) is 36.4 Å². The highest BCUT2D eigenvalue weighted by atomic mass is 16.5. The molecule has 0 spiro atoms. The normalized spacial score (nSPS) is 14.6. The molecule has 3 rings (SSSR count). The van der Waals surface area contributed by atoms with Gasteiger partial charge in [-0.1, -0.05) is 6.07 Å². The smallest absolute Gasteiger partial charge is 0.337 e. The average molecular weight is 382 g/mol. The van der Waals surface area contributed by atoms with Crippen LogP contribution in [-0.4, -0.2) is 52.2 Å². The third-order valence-corrected chi connectivity index (χ3v) is 5.39. The van der Waals surface area contributed by atoms with Crippen molar-refractivity contribution in [2.75, 3.05) is 50.6 Å². The Labute approximate surface area is 166 Å². The van der Waals surface area contributed by atoms with E-state index >= 15 is 0 Å². The number of hydrogen-bond acceptors (Lipinski definition) is 4. The number of nitrogens with zero attached hydrogens (tertiary/aromatic N) is 1. The van der Waals surface area contributed by atoms with Crippen LogP contribution in [0.1, 0.15) is 31.8 Å². The van der Waals surface area contributed by atoms with E-state index < -0.39 is 5.97 Å². The highest BCUT2D eigenvalue weighted by Crippen LogP contribution is 2.28. The number of anilines is 2. The van der Waals surface area contributed by atoms with E-state index in [2.05, 4.69) is 17.3 Å². The van der Waals surface area contributed by atoms with Crippen LogP contribution in [0.25, 0.3) is 0 Å². The highest BCUT2D eigenvalue weighted by molar-refractivity contribution is 6.07. The minimum Gasteiger partial charge on any atom is -0.465 e. The van der Waals surface area contributed by atoms with Crippen LogP contribution in [0.3, 0.4) is 0 Å². The van der Waals surface area contributed by atoms with Gasteiger partial charge in [0.05, 0.1) is 57.3 Å². The number of methoxy groups -OCH3 is 1. The third kappa shape index (κ3) is 4.34. The quantitative estimate of drug-likeness (QED) is 0.790. The van der Waals surface area contributed by atoms with Gasteiger partial charge < -0.3 is 19.9 Å². The van der Waals surface area contributed by atoms with Gasteiger partial charge in [-0.3, -0.25) is 4.79 Å². The number of aryl methyl sites for hydroxylation is 2. The van der Waals surface area contributed by atoms with Gasteiger partial charge in [0.15, 0.2) is 0 Å². The van der Waals surface area contributed by atoms with E-state index in [1.54, 1.807) is 12.1 Å². The third-order valence-electron chi connectivity index (χ3n) is 5.39. The fourth-order valence-corrected chi connectivity index (χ4v) is 3.36. The zero-order valence-electron chi connectivity index (χ0n) is 17.0. The predicted octanol–water partition coefficient (Wildman–Crippen LogP) is 1.68. The van der Waals surface area contributed by atoms with Crippen LogP contribution >= 0.6 is 0 Å². The van der Waals surface area contributed by atoms with E-state index in [-0.39, 0.29) is 5.91 Å². The van der Waals surface area contributed by atoms with Crippen molar-refractivity contribution in [3.8, 4) is 0 Å². The summed E-state index contributed by atoms with van der Waals surface area (Å²) in [7, 11) is 3.53. The molecule has 0 saturated carbocycles. The number of esters is 1. The average Bonchev–Trinajstić information content (AvgIpc) is 2.70. The number of quaternary nitrogens is 1. The molecule has 0 bridgehead atoms. The van der Waals surface area contributed by atoms with Crippen molar-refractivity contribution in [3.05, 3.63) is 58.7 Å². The first-order valence-electron chi connectivity index (χ1n) is 9.56. The van der Waals surface area contributed by atoms with Crippen molar-refractivity contribution in [3.63, 3.8) is 0 Å². The topological polar surface area (TPSA) is 63.1 Å². The van der Waals surface area contributed by atoms with Crippen LogP contribution in [0.2, 0.25) is 0 Å². The maximum absolute atomic E-state index is 12.9. The van der Waals surface area contributed by atoms with Gasteiger partial charge in [0.2, 0.25) is 0 Å². The van der Waals surface area contributed by atoms with Crippen molar-refractivity contribution < 1.29 is 19.2 Å². The van der Waals surface area contributed by atoms with E-state index in [4.69, 9.17) is 4.74 Å². The SMILES string of the molecule is COC(=O)c1ccc(N2CC[NH+](C)CC2)c(NC(=O)c2ccc(C)c(C)c2)c1. The highest BCUT2D eigenvalue weighted by Gasteiger charge is 2.22. The molecule has 148 valence electrons. The number of rotatable bonds is 4. The molecule has 1 aliphatic heterocycles. The minimum atomic E-state index is -0.420. The lowest BCUT2D eigenvalue weighted by Gasteiger charge is -2.33. The maximum Gasteiger partial charge on any atom is 0.337 e. The van der Waals surface area contributed by atoms with Gasteiger partial charge in [-0.15, -0.1) is 0 Å². The zero-order chi connectivity index (χ0) is 20.3. The Morgan fingerprint density at radius 1 is 1.00 bits per heavy atom. The molecule has 0 unspecified atom stereocenters. The Morgan fingerprint density at radius 3 is 2.32 bits per heavy atom. The monoisotopic (exact) mass is 382 g/mol. The molecule has 2 aromatic carbocycles. The molecule has 1 heterocycles. The molecule has 6 heteroatoms. The maximum atomic E-state index is 12.9. The number of carbonyl (C=O) groups is 2. The van der Waals surface area contributed by atoms with Gasteiger partial charge in [-0.25, -0.2) is 4.79 Å². The summed E-state index contributed by atoms with van der Waals surface area (Å²) in [4.78, 5) is 28.6.